The lowest BCUT2D eigenvalue weighted by Crippen LogP contribution is -2.19. The highest BCUT2D eigenvalue weighted by atomic mass is 15.2. The number of aromatic nitrogens is 1. The number of pyridine rings is 1. The molecule has 2 fully saturated rings. The van der Waals surface area contributed by atoms with Gasteiger partial charge in [0, 0.05) is 36.4 Å². The predicted molar refractivity (Wildman–Crippen MR) is 79.8 cm³/mol. The Balaban J connectivity index is 1.73. The van der Waals surface area contributed by atoms with Crippen LogP contribution in [0.4, 0.5) is 11.5 Å². The maximum atomic E-state index is 4.60. The van der Waals surface area contributed by atoms with E-state index in [4.69, 9.17) is 0 Å². The van der Waals surface area contributed by atoms with Gasteiger partial charge in [-0.3, -0.25) is 0 Å². The van der Waals surface area contributed by atoms with E-state index in [1.165, 1.54) is 42.1 Å². The van der Waals surface area contributed by atoms with Crippen molar-refractivity contribution in [3.05, 3.63) is 30.5 Å². The topological polar surface area (TPSA) is 28.2 Å². The Morgan fingerprint density at radius 1 is 1.11 bits per heavy atom. The summed E-state index contributed by atoms with van der Waals surface area (Å²) >= 11 is 0. The number of benzene rings is 1. The first-order valence-electron chi connectivity index (χ1n) is 7.30. The number of hydrogen-bond donors (Lipinski definition) is 1. The van der Waals surface area contributed by atoms with E-state index in [2.05, 4.69) is 39.5 Å². The molecule has 1 N–H and O–H groups in total. The van der Waals surface area contributed by atoms with Crippen LogP contribution < -0.4 is 10.2 Å². The number of rotatable bonds is 3. The van der Waals surface area contributed by atoms with Crippen molar-refractivity contribution in [3.63, 3.8) is 0 Å². The van der Waals surface area contributed by atoms with Gasteiger partial charge in [-0.2, -0.15) is 0 Å². The van der Waals surface area contributed by atoms with E-state index in [0.717, 1.165) is 18.9 Å². The van der Waals surface area contributed by atoms with Gasteiger partial charge < -0.3 is 10.2 Å². The van der Waals surface area contributed by atoms with Crippen molar-refractivity contribution in [1.82, 2.24) is 4.98 Å². The van der Waals surface area contributed by atoms with Crippen LogP contribution in [0.15, 0.2) is 30.5 Å². The van der Waals surface area contributed by atoms with Crippen molar-refractivity contribution < 1.29 is 0 Å². The average molecular weight is 253 g/mol. The molecule has 1 aromatic carbocycles. The van der Waals surface area contributed by atoms with Gasteiger partial charge in [0.25, 0.3) is 0 Å². The molecule has 4 rings (SSSR count). The molecular weight excluding hydrogens is 234 g/mol. The zero-order valence-corrected chi connectivity index (χ0v) is 11.1. The molecule has 3 heteroatoms. The van der Waals surface area contributed by atoms with Gasteiger partial charge in [0.05, 0.1) is 0 Å². The van der Waals surface area contributed by atoms with Gasteiger partial charge in [-0.1, -0.05) is 0 Å². The Labute approximate surface area is 113 Å². The van der Waals surface area contributed by atoms with Crippen LogP contribution in [0, 0.1) is 0 Å². The average Bonchev–Trinajstić information content (AvgIpc) is 3.08. The summed E-state index contributed by atoms with van der Waals surface area (Å²) in [5, 5.41) is 6.14. The van der Waals surface area contributed by atoms with Crippen molar-refractivity contribution in [3.8, 4) is 0 Å². The molecule has 0 unspecified atom stereocenters. The lowest BCUT2D eigenvalue weighted by atomic mass is 10.1. The summed E-state index contributed by atoms with van der Waals surface area (Å²) < 4.78 is 0. The van der Waals surface area contributed by atoms with Gasteiger partial charge in [0.2, 0.25) is 0 Å². The predicted octanol–water partition coefficient (Wildman–Crippen LogP) is 3.41. The highest BCUT2D eigenvalue weighted by Crippen LogP contribution is 2.31. The first kappa shape index (κ1) is 11.1. The number of nitrogens with one attached hydrogen (secondary N) is 1. The van der Waals surface area contributed by atoms with Crippen molar-refractivity contribution in [2.24, 2.45) is 0 Å². The molecule has 2 heterocycles. The Morgan fingerprint density at radius 2 is 1.95 bits per heavy atom. The zero-order chi connectivity index (χ0) is 12.7. The molecule has 98 valence electrons. The minimum Gasteiger partial charge on any atom is -0.382 e. The van der Waals surface area contributed by atoms with Crippen LogP contribution in [0.2, 0.25) is 0 Å². The van der Waals surface area contributed by atoms with Crippen molar-refractivity contribution in [1.29, 1.82) is 0 Å². The summed E-state index contributed by atoms with van der Waals surface area (Å²) in [4.78, 5) is 7.01. The summed E-state index contributed by atoms with van der Waals surface area (Å²) in [6.07, 6.45) is 7.15. The van der Waals surface area contributed by atoms with Crippen molar-refractivity contribution in [2.45, 2.75) is 31.7 Å². The first-order valence-corrected chi connectivity index (χ1v) is 7.30. The van der Waals surface area contributed by atoms with E-state index in [1.54, 1.807) is 0 Å². The molecule has 3 nitrogen and oxygen atoms in total. The maximum Gasteiger partial charge on any atom is 0.136 e. The summed E-state index contributed by atoms with van der Waals surface area (Å²) in [5.41, 5.74) is 1.24. The molecular formula is C16H19N3. The van der Waals surface area contributed by atoms with Crippen molar-refractivity contribution >= 4 is 22.3 Å². The van der Waals surface area contributed by atoms with Gasteiger partial charge in [-0.05, 0) is 55.3 Å². The highest BCUT2D eigenvalue weighted by molar-refractivity contribution is 5.94. The molecule has 0 radical (unpaired) electrons. The summed E-state index contributed by atoms with van der Waals surface area (Å²) in [5.74, 6) is 1.16. The number of hydrogen-bond acceptors (Lipinski definition) is 3. The SMILES string of the molecule is c1cc2cc(NC3CC3)ccc2c(N2CCCC2)n1. The van der Waals surface area contributed by atoms with E-state index in [-0.39, 0.29) is 0 Å². The second kappa shape index (κ2) is 4.41. The fraction of sp³-hybridized carbons (Fsp3) is 0.438. The number of nitrogens with zero attached hydrogens (tertiary/aromatic N) is 2. The smallest absolute Gasteiger partial charge is 0.136 e. The summed E-state index contributed by atoms with van der Waals surface area (Å²) in [7, 11) is 0. The van der Waals surface area contributed by atoms with Crippen LogP contribution in [0.3, 0.4) is 0 Å². The van der Waals surface area contributed by atoms with Crippen LogP contribution in [0.25, 0.3) is 10.8 Å². The molecule has 2 aromatic rings. The number of fused-ring (bicyclic) bond motifs is 1. The molecule has 1 aliphatic carbocycles. The van der Waals surface area contributed by atoms with E-state index >= 15 is 0 Å². The lowest BCUT2D eigenvalue weighted by molar-refractivity contribution is 0.946. The van der Waals surface area contributed by atoms with Crippen molar-refractivity contribution in [2.75, 3.05) is 23.3 Å². The molecule has 0 spiro atoms. The van der Waals surface area contributed by atoms with E-state index < -0.39 is 0 Å². The third-order valence-electron chi connectivity index (χ3n) is 4.10. The molecule has 1 saturated carbocycles. The lowest BCUT2D eigenvalue weighted by Gasteiger charge is -2.18. The molecule has 2 aliphatic rings. The van der Waals surface area contributed by atoms with Crippen LogP contribution in [-0.4, -0.2) is 24.1 Å². The standard InChI is InChI=1S/C16H19N3/c1-2-10-19(9-1)16-15-6-5-14(18-13-3-4-13)11-12(15)7-8-17-16/h5-8,11,13,18H,1-4,9-10H2. The van der Waals surface area contributed by atoms with Gasteiger partial charge >= 0.3 is 0 Å². The number of anilines is 2. The second-order valence-corrected chi connectivity index (χ2v) is 5.68. The molecule has 1 saturated heterocycles. The first-order chi connectivity index (χ1) is 9.40. The molecule has 19 heavy (non-hydrogen) atoms. The van der Waals surface area contributed by atoms with Gasteiger partial charge in [0.15, 0.2) is 0 Å². The third kappa shape index (κ3) is 2.14. The third-order valence-corrected chi connectivity index (χ3v) is 4.10. The minimum absolute atomic E-state index is 0.706. The Kier molecular flexibility index (Phi) is 2.57. The minimum atomic E-state index is 0.706. The Bertz CT molecular complexity index is 598. The second-order valence-electron chi connectivity index (χ2n) is 5.68. The summed E-state index contributed by atoms with van der Waals surface area (Å²) in [6.45, 7) is 2.29. The fourth-order valence-electron chi connectivity index (χ4n) is 2.90. The maximum absolute atomic E-state index is 4.60. The van der Waals surface area contributed by atoms with Crippen LogP contribution in [0.1, 0.15) is 25.7 Å². The highest BCUT2D eigenvalue weighted by Gasteiger charge is 2.21. The normalized spacial score (nSPS) is 19.1. The molecule has 0 amide bonds. The van der Waals surface area contributed by atoms with E-state index in [9.17, 15) is 0 Å². The Morgan fingerprint density at radius 3 is 2.74 bits per heavy atom. The monoisotopic (exact) mass is 253 g/mol. The molecule has 1 aromatic heterocycles. The summed E-state index contributed by atoms with van der Waals surface area (Å²) in [6, 6.07) is 9.50. The fourth-order valence-corrected chi connectivity index (χ4v) is 2.90. The largest absolute Gasteiger partial charge is 0.382 e. The molecule has 0 bridgehead atoms. The van der Waals surface area contributed by atoms with Crippen LogP contribution in [-0.2, 0) is 0 Å². The quantitative estimate of drug-likeness (QED) is 0.908. The van der Waals surface area contributed by atoms with Crippen LogP contribution in [0.5, 0.6) is 0 Å². The van der Waals surface area contributed by atoms with Crippen LogP contribution >= 0.6 is 0 Å². The van der Waals surface area contributed by atoms with E-state index in [1.807, 2.05) is 6.20 Å². The zero-order valence-electron chi connectivity index (χ0n) is 11.1. The van der Waals surface area contributed by atoms with Gasteiger partial charge in [-0.25, -0.2) is 4.98 Å². The van der Waals surface area contributed by atoms with E-state index in [0.29, 0.717) is 6.04 Å². The van der Waals surface area contributed by atoms with Gasteiger partial charge in [0.1, 0.15) is 5.82 Å². The molecule has 0 atom stereocenters. The Hall–Kier alpha value is -1.77. The van der Waals surface area contributed by atoms with Gasteiger partial charge in [-0.15, -0.1) is 0 Å². The molecule has 1 aliphatic heterocycles.